The number of aromatic amines is 1. The van der Waals surface area contributed by atoms with E-state index in [4.69, 9.17) is 14.5 Å². The van der Waals surface area contributed by atoms with Crippen LogP contribution in [-0.4, -0.2) is 64.2 Å². The SMILES string of the molecule is O=c1[nH]ccc2c1ncn2[C@@H]1O[C@H](C(O)OP(=O)(O)O)[C@@H](O)[C@@H]1O. The third-order valence-corrected chi connectivity index (χ3v) is 4.07. The van der Waals surface area contributed by atoms with Crippen LogP contribution in [0.3, 0.4) is 0 Å². The standard InChI is InChI=1S/C11H14N3O9P/c15-6-7(16)10(22-8(6)11(18)23-24(19,20)21)14-3-13-5-4(14)1-2-12-9(5)17/h1-3,6-8,10-11,15-16,18H,(H,12,17)(H2,19,20,21)/t6-,7-,8-,10+,11?/m0/s1. The Morgan fingerprint density at radius 3 is 2.75 bits per heavy atom. The van der Waals surface area contributed by atoms with Crippen LogP contribution in [0.5, 0.6) is 0 Å². The predicted molar refractivity (Wildman–Crippen MR) is 75.4 cm³/mol. The summed E-state index contributed by atoms with van der Waals surface area (Å²) in [5, 5.41) is 29.7. The van der Waals surface area contributed by atoms with Crippen LogP contribution in [0.15, 0.2) is 23.4 Å². The van der Waals surface area contributed by atoms with Gasteiger partial charge in [0.2, 0.25) is 0 Å². The number of fused-ring (bicyclic) bond motifs is 1. The topological polar surface area (TPSA) is 187 Å². The number of phosphoric acid groups is 1. The highest BCUT2D eigenvalue weighted by atomic mass is 31.2. The molecule has 12 nitrogen and oxygen atoms in total. The summed E-state index contributed by atoms with van der Waals surface area (Å²) < 4.78 is 21.4. The van der Waals surface area contributed by atoms with Crippen LogP contribution in [0, 0.1) is 0 Å². The molecule has 0 saturated carbocycles. The molecule has 132 valence electrons. The van der Waals surface area contributed by atoms with Gasteiger partial charge in [-0.05, 0) is 6.07 Å². The maximum atomic E-state index is 11.7. The lowest BCUT2D eigenvalue weighted by molar-refractivity contribution is -0.160. The second-order valence-electron chi connectivity index (χ2n) is 5.15. The van der Waals surface area contributed by atoms with Gasteiger partial charge >= 0.3 is 7.82 Å². The summed E-state index contributed by atoms with van der Waals surface area (Å²) in [6.07, 6.45) is -5.79. The molecule has 24 heavy (non-hydrogen) atoms. The first-order valence-corrected chi connectivity index (χ1v) is 8.20. The van der Waals surface area contributed by atoms with Gasteiger partial charge in [-0.15, -0.1) is 0 Å². The minimum Gasteiger partial charge on any atom is -0.387 e. The second kappa shape index (κ2) is 6.02. The first-order chi connectivity index (χ1) is 11.2. The molecule has 0 spiro atoms. The van der Waals surface area contributed by atoms with Crippen LogP contribution in [0.1, 0.15) is 6.23 Å². The number of nitrogens with zero attached hydrogens (tertiary/aromatic N) is 2. The summed E-state index contributed by atoms with van der Waals surface area (Å²) in [5.74, 6) is 0. The molecule has 1 saturated heterocycles. The summed E-state index contributed by atoms with van der Waals surface area (Å²) >= 11 is 0. The van der Waals surface area contributed by atoms with Crippen molar-refractivity contribution >= 4 is 18.9 Å². The number of pyridine rings is 1. The van der Waals surface area contributed by atoms with E-state index >= 15 is 0 Å². The number of hydrogen-bond donors (Lipinski definition) is 6. The fourth-order valence-electron chi connectivity index (χ4n) is 2.53. The number of aliphatic hydroxyl groups excluding tert-OH is 3. The first kappa shape index (κ1) is 17.2. The van der Waals surface area contributed by atoms with E-state index in [9.17, 15) is 24.7 Å². The third-order valence-electron chi connectivity index (χ3n) is 3.58. The van der Waals surface area contributed by atoms with Crippen LogP contribution in [0.2, 0.25) is 0 Å². The van der Waals surface area contributed by atoms with Gasteiger partial charge in [0.1, 0.15) is 18.3 Å². The van der Waals surface area contributed by atoms with E-state index in [-0.39, 0.29) is 5.52 Å². The lowest BCUT2D eigenvalue weighted by atomic mass is 10.1. The Labute approximate surface area is 133 Å². The minimum atomic E-state index is -5.03. The monoisotopic (exact) mass is 363 g/mol. The van der Waals surface area contributed by atoms with Gasteiger partial charge in [0.05, 0.1) is 11.8 Å². The average molecular weight is 363 g/mol. The maximum Gasteiger partial charge on any atom is 0.472 e. The summed E-state index contributed by atoms with van der Waals surface area (Å²) in [7, 11) is -5.03. The zero-order valence-corrected chi connectivity index (χ0v) is 12.7. The van der Waals surface area contributed by atoms with E-state index in [0.717, 1.165) is 0 Å². The molecule has 0 bridgehead atoms. The zero-order valence-electron chi connectivity index (χ0n) is 11.8. The van der Waals surface area contributed by atoms with E-state index in [2.05, 4.69) is 14.5 Å². The summed E-state index contributed by atoms with van der Waals surface area (Å²) in [6, 6.07) is 1.49. The number of phosphoric ester groups is 1. The fourth-order valence-corrected chi connectivity index (χ4v) is 2.93. The van der Waals surface area contributed by atoms with E-state index in [1.807, 2.05) is 0 Å². The number of hydrogen-bond acceptors (Lipinski definition) is 8. The molecule has 3 rings (SSSR count). The van der Waals surface area contributed by atoms with Gasteiger partial charge in [-0.25, -0.2) is 9.55 Å². The molecular weight excluding hydrogens is 349 g/mol. The summed E-state index contributed by atoms with van der Waals surface area (Å²) in [6.45, 7) is 0. The highest BCUT2D eigenvalue weighted by molar-refractivity contribution is 7.46. The lowest BCUT2D eigenvalue weighted by Gasteiger charge is -2.21. The highest BCUT2D eigenvalue weighted by Crippen LogP contribution is 2.41. The molecule has 0 aromatic carbocycles. The van der Waals surface area contributed by atoms with Crippen molar-refractivity contribution in [2.75, 3.05) is 0 Å². The van der Waals surface area contributed by atoms with Crippen molar-refractivity contribution in [2.24, 2.45) is 0 Å². The number of imidazole rings is 1. The van der Waals surface area contributed by atoms with Crippen LogP contribution >= 0.6 is 7.82 Å². The minimum absolute atomic E-state index is 0.0678. The highest BCUT2D eigenvalue weighted by Gasteiger charge is 2.49. The van der Waals surface area contributed by atoms with Gasteiger partial charge in [0.25, 0.3) is 5.56 Å². The summed E-state index contributed by atoms with van der Waals surface area (Å²) in [5.41, 5.74) is -0.111. The van der Waals surface area contributed by atoms with Crippen molar-refractivity contribution < 1.29 is 38.9 Å². The van der Waals surface area contributed by atoms with E-state index < -0.39 is 44.2 Å². The Balaban J connectivity index is 1.91. The quantitative estimate of drug-likeness (QED) is 0.256. The Morgan fingerprint density at radius 1 is 1.38 bits per heavy atom. The molecule has 0 amide bonds. The van der Waals surface area contributed by atoms with Crippen molar-refractivity contribution in [3.05, 3.63) is 28.9 Å². The number of nitrogens with one attached hydrogen (secondary N) is 1. The molecule has 1 aliphatic rings. The second-order valence-corrected chi connectivity index (χ2v) is 6.34. The average Bonchev–Trinajstić information content (AvgIpc) is 3.01. The molecule has 1 unspecified atom stereocenters. The van der Waals surface area contributed by atoms with Crippen LogP contribution in [0.25, 0.3) is 11.0 Å². The molecule has 0 radical (unpaired) electrons. The Kier molecular flexibility index (Phi) is 4.32. The zero-order chi connectivity index (χ0) is 17.6. The van der Waals surface area contributed by atoms with E-state index in [1.54, 1.807) is 0 Å². The van der Waals surface area contributed by atoms with E-state index in [1.165, 1.54) is 23.2 Å². The first-order valence-electron chi connectivity index (χ1n) is 6.67. The molecule has 3 heterocycles. The Hall–Kier alpha value is -1.63. The molecule has 1 fully saturated rings. The number of rotatable bonds is 4. The number of H-pyrrole nitrogens is 1. The number of ether oxygens (including phenoxy) is 1. The molecule has 13 heteroatoms. The van der Waals surface area contributed by atoms with Crippen molar-refractivity contribution in [1.82, 2.24) is 14.5 Å². The van der Waals surface area contributed by atoms with Crippen molar-refractivity contribution in [1.29, 1.82) is 0 Å². The molecule has 6 N–H and O–H groups in total. The molecule has 1 aliphatic heterocycles. The van der Waals surface area contributed by atoms with Crippen molar-refractivity contribution in [3.8, 4) is 0 Å². The Bertz CT molecular complexity index is 845. The van der Waals surface area contributed by atoms with E-state index in [0.29, 0.717) is 5.52 Å². The number of aromatic nitrogens is 3. The molecule has 2 aromatic rings. The van der Waals surface area contributed by atoms with Crippen LogP contribution < -0.4 is 5.56 Å². The van der Waals surface area contributed by atoms with Crippen molar-refractivity contribution in [2.45, 2.75) is 30.8 Å². The van der Waals surface area contributed by atoms with Gasteiger partial charge in [0.15, 0.2) is 18.0 Å². The normalized spacial score (nSPS) is 29.2. The fraction of sp³-hybridized carbons (Fsp3) is 0.455. The summed E-state index contributed by atoms with van der Waals surface area (Å²) in [4.78, 5) is 35.3. The third kappa shape index (κ3) is 3.01. The van der Waals surface area contributed by atoms with Crippen molar-refractivity contribution in [3.63, 3.8) is 0 Å². The largest absolute Gasteiger partial charge is 0.472 e. The van der Waals surface area contributed by atoms with Gasteiger partial charge < -0.3 is 39.4 Å². The van der Waals surface area contributed by atoms with Gasteiger partial charge in [0, 0.05) is 6.20 Å². The van der Waals surface area contributed by atoms with Crippen LogP contribution in [0.4, 0.5) is 0 Å². The number of aliphatic hydroxyl groups is 3. The molecule has 0 aliphatic carbocycles. The predicted octanol–water partition coefficient (Wildman–Crippen LogP) is -2.23. The molecule has 2 aromatic heterocycles. The molecule has 5 atom stereocenters. The Morgan fingerprint density at radius 2 is 2.08 bits per heavy atom. The lowest BCUT2D eigenvalue weighted by Crippen LogP contribution is -2.39. The van der Waals surface area contributed by atoms with Gasteiger partial charge in [-0.1, -0.05) is 0 Å². The van der Waals surface area contributed by atoms with Crippen LogP contribution in [-0.2, 0) is 13.8 Å². The molecular formula is C11H14N3O9P. The van der Waals surface area contributed by atoms with Gasteiger partial charge in [-0.2, -0.15) is 0 Å². The van der Waals surface area contributed by atoms with Gasteiger partial charge in [-0.3, -0.25) is 9.32 Å². The smallest absolute Gasteiger partial charge is 0.387 e. The maximum absolute atomic E-state index is 11.7.